The molecule has 1 unspecified atom stereocenters. The van der Waals surface area contributed by atoms with Gasteiger partial charge in [0.1, 0.15) is 6.04 Å². The van der Waals surface area contributed by atoms with Crippen LogP contribution >= 0.6 is 0 Å². The molecule has 1 saturated carbocycles. The average Bonchev–Trinajstić information content (AvgIpc) is 2.55. The van der Waals surface area contributed by atoms with Crippen molar-refractivity contribution in [1.82, 2.24) is 10.6 Å². The highest BCUT2D eigenvalue weighted by molar-refractivity contribution is 5.83. The molecule has 0 radical (unpaired) electrons. The summed E-state index contributed by atoms with van der Waals surface area (Å²) < 4.78 is 0. The number of hydrogen-bond donors (Lipinski definition) is 3. The number of nitrogens with one attached hydrogen (secondary N) is 2. The van der Waals surface area contributed by atoms with Gasteiger partial charge in [0.15, 0.2) is 0 Å². The Balaban J connectivity index is 1.69. The molecule has 1 aromatic rings. The van der Waals surface area contributed by atoms with Crippen molar-refractivity contribution in [2.24, 2.45) is 5.73 Å². The molecule has 1 aliphatic carbocycles. The first-order valence-electron chi connectivity index (χ1n) is 8.45. The predicted octanol–water partition coefficient (Wildman–Crippen LogP) is 1.95. The topological polar surface area (TPSA) is 84.2 Å². The van der Waals surface area contributed by atoms with Crippen molar-refractivity contribution >= 4 is 11.8 Å². The van der Waals surface area contributed by atoms with Gasteiger partial charge < -0.3 is 16.4 Å². The summed E-state index contributed by atoms with van der Waals surface area (Å²) in [6.07, 6.45) is 6.06. The van der Waals surface area contributed by atoms with E-state index in [9.17, 15) is 9.59 Å². The molecule has 0 aromatic heterocycles. The van der Waals surface area contributed by atoms with Gasteiger partial charge in [0.25, 0.3) is 0 Å². The Kier molecular flexibility index (Phi) is 6.59. The Morgan fingerprint density at radius 3 is 2.48 bits per heavy atom. The molecule has 0 aliphatic heterocycles. The molecule has 0 bridgehead atoms. The number of carbonyl (C=O) groups excluding carboxylic acids is 2. The third-order valence-corrected chi connectivity index (χ3v) is 4.34. The monoisotopic (exact) mass is 317 g/mol. The molecule has 5 nitrogen and oxygen atoms in total. The van der Waals surface area contributed by atoms with Crippen LogP contribution in [0, 0.1) is 6.92 Å². The molecule has 5 heteroatoms. The normalized spacial score (nSPS) is 16.6. The molecule has 0 saturated heterocycles. The van der Waals surface area contributed by atoms with Crippen LogP contribution in [0.1, 0.15) is 55.7 Å². The van der Waals surface area contributed by atoms with Crippen LogP contribution < -0.4 is 16.4 Å². The zero-order valence-electron chi connectivity index (χ0n) is 13.8. The Hall–Kier alpha value is -1.88. The van der Waals surface area contributed by atoms with E-state index in [1.165, 1.54) is 19.3 Å². The van der Waals surface area contributed by atoms with Crippen molar-refractivity contribution in [3.63, 3.8) is 0 Å². The molecule has 2 amide bonds. The second kappa shape index (κ2) is 8.67. The molecule has 2 rings (SSSR count). The van der Waals surface area contributed by atoms with Gasteiger partial charge in [0, 0.05) is 19.0 Å². The fourth-order valence-electron chi connectivity index (χ4n) is 2.88. The highest BCUT2D eigenvalue weighted by Gasteiger charge is 2.17. The summed E-state index contributed by atoms with van der Waals surface area (Å²) in [6, 6.07) is 7.18. The van der Waals surface area contributed by atoms with Gasteiger partial charge in [-0.3, -0.25) is 9.59 Å². The minimum absolute atomic E-state index is 0.00103. The van der Waals surface area contributed by atoms with Crippen molar-refractivity contribution in [3.05, 3.63) is 35.4 Å². The zero-order chi connectivity index (χ0) is 16.7. The van der Waals surface area contributed by atoms with Crippen molar-refractivity contribution in [3.8, 4) is 0 Å². The van der Waals surface area contributed by atoms with Gasteiger partial charge in [-0.25, -0.2) is 0 Å². The Bertz CT molecular complexity index is 522. The molecule has 0 spiro atoms. The lowest BCUT2D eigenvalue weighted by atomic mass is 9.95. The van der Waals surface area contributed by atoms with Crippen LogP contribution in [0.2, 0.25) is 0 Å². The molecule has 1 fully saturated rings. The fourth-order valence-corrected chi connectivity index (χ4v) is 2.88. The van der Waals surface area contributed by atoms with Gasteiger partial charge in [-0.15, -0.1) is 0 Å². The highest BCUT2D eigenvalue weighted by atomic mass is 16.2. The summed E-state index contributed by atoms with van der Waals surface area (Å²) in [7, 11) is 0. The largest absolute Gasteiger partial charge is 0.354 e. The first-order valence-corrected chi connectivity index (χ1v) is 8.45. The number of carbonyl (C=O) groups is 2. The van der Waals surface area contributed by atoms with E-state index in [4.69, 9.17) is 5.73 Å². The molecule has 1 atom stereocenters. The maximum atomic E-state index is 12.0. The van der Waals surface area contributed by atoms with Crippen LogP contribution in [-0.2, 0) is 9.59 Å². The van der Waals surface area contributed by atoms with E-state index in [0.717, 1.165) is 24.0 Å². The lowest BCUT2D eigenvalue weighted by Gasteiger charge is -2.22. The number of amides is 2. The van der Waals surface area contributed by atoms with Crippen LogP contribution in [0.5, 0.6) is 0 Å². The second-order valence-electron chi connectivity index (χ2n) is 6.33. The van der Waals surface area contributed by atoms with E-state index in [2.05, 4.69) is 10.6 Å². The number of hydrogen-bond acceptors (Lipinski definition) is 3. The number of rotatable bonds is 6. The van der Waals surface area contributed by atoms with Crippen LogP contribution in [0.15, 0.2) is 24.3 Å². The van der Waals surface area contributed by atoms with Crippen molar-refractivity contribution in [1.29, 1.82) is 0 Å². The van der Waals surface area contributed by atoms with E-state index in [1.807, 2.05) is 31.2 Å². The minimum atomic E-state index is -0.697. The first-order chi connectivity index (χ1) is 11.1. The Labute approximate surface area is 138 Å². The molecule has 126 valence electrons. The van der Waals surface area contributed by atoms with Gasteiger partial charge >= 0.3 is 0 Å². The van der Waals surface area contributed by atoms with Gasteiger partial charge in [0.05, 0.1) is 0 Å². The van der Waals surface area contributed by atoms with E-state index < -0.39 is 6.04 Å². The van der Waals surface area contributed by atoms with Crippen LogP contribution in [0.25, 0.3) is 0 Å². The molecule has 23 heavy (non-hydrogen) atoms. The van der Waals surface area contributed by atoms with E-state index in [0.29, 0.717) is 19.0 Å². The molecule has 1 aromatic carbocycles. The highest BCUT2D eigenvalue weighted by Crippen LogP contribution is 2.17. The smallest absolute Gasteiger partial charge is 0.241 e. The summed E-state index contributed by atoms with van der Waals surface area (Å²) in [5.41, 5.74) is 7.85. The summed E-state index contributed by atoms with van der Waals surface area (Å²) in [5.74, 6) is -0.250. The lowest BCUT2D eigenvalue weighted by Crippen LogP contribution is -2.39. The lowest BCUT2D eigenvalue weighted by molar-refractivity contribution is -0.123. The summed E-state index contributed by atoms with van der Waals surface area (Å²) in [6.45, 7) is 2.30. The van der Waals surface area contributed by atoms with Gasteiger partial charge in [-0.2, -0.15) is 0 Å². The SMILES string of the molecule is Cc1ccc(C(N)C(=O)NCCC(=O)NC2CCCCC2)cc1. The van der Waals surface area contributed by atoms with E-state index in [-0.39, 0.29) is 11.8 Å². The van der Waals surface area contributed by atoms with E-state index in [1.54, 1.807) is 0 Å². The second-order valence-corrected chi connectivity index (χ2v) is 6.33. The number of nitrogens with two attached hydrogens (primary N) is 1. The zero-order valence-corrected chi connectivity index (χ0v) is 13.8. The third kappa shape index (κ3) is 5.67. The standard InChI is InChI=1S/C18H27N3O2/c1-13-7-9-14(10-8-13)17(19)18(23)20-12-11-16(22)21-15-5-3-2-4-6-15/h7-10,15,17H,2-6,11-12,19H2,1H3,(H,20,23)(H,21,22). The van der Waals surface area contributed by atoms with Crippen molar-refractivity contribution in [2.45, 2.75) is 57.5 Å². The fraction of sp³-hybridized carbons (Fsp3) is 0.556. The van der Waals surface area contributed by atoms with Crippen LogP contribution in [-0.4, -0.2) is 24.4 Å². The number of benzene rings is 1. The summed E-state index contributed by atoms with van der Waals surface area (Å²) in [5, 5.41) is 5.78. The third-order valence-electron chi connectivity index (χ3n) is 4.34. The predicted molar refractivity (Wildman–Crippen MR) is 90.7 cm³/mol. The quantitative estimate of drug-likeness (QED) is 0.750. The number of aryl methyl sites for hydroxylation is 1. The average molecular weight is 317 g/mol. The summed E-state index contributed by atoms with van der Waals surface area (Å²) in [4.78, 5) is 23.9. The maximum absolute atomic E-state index is 12.0. The Morgan fingerprint density at radius 2 is 1.83 bits per heavy atom. The molecular weight excluding hydrogens is 290 g/mol. The maximum Gasteiger partial charge on any atom is 0.241 e. The van der Waals surface area contributed by atoms with E-state index >= 15 is 0 Å². The summed E-state index contributed by atoms with van der Waals surface area (Å²) >= 11 is 0. The first kappa shape index (κ1) is 17.5. The molecule has 0 heterocycles. The van der Waals surface area contributed by atoms with Crippen molar-refractivity contribution in [2.75, 3.05) is 6.54 Å². The Morgan fingerprint density at radius 1 is 1.17 bits per heavy atom. The van der Waals surface area contributed by atoms with Gasteiger partial charge in [-0.1, -0.05) is 49.1 Å². The van der Waals surface area contributed by atoms with Crippen LogP contribution in [0.4, 0.5) is 0 Å². The molecular formula is C18H27N3O2. The minimum Gasteiger partial charge on any atom is -0.354 e. The molecule has 1 aliphatic rings. The van der Waals surface area contributed by atoms with Gasteiger partial charge in [-0.05, 0) is 25.3 Å². The van der Waals surface area contributed by atoms with Gasteiger partial charge in [0.2, 0.25) is 11.8 Å². The van der Waals surface area contributed by atoms with Crippen LogP contribution in [0.3, 0.4) is 0 Å². The van der Waals surface area contributed by atoms with Crippen molar-refractivity contribution < 1.29 is 9.59 Å². The molecule has 4 N–H and O–H groups in total.